The molecule has 0 N–H and O–H groups in total. The highest BCUT2D eigenvalue weighted by molar-refractivity contribution is 8.00. The van der Waals surface area contributed by atoms with Crippen molar-refractivity contribution in [3.8, 4) is 17.2 Å². The highest BCUT2D eigenvalue weighted by atomic mass is 32.2. The van der Waals surface area contributed by atoms with Crippen molar-refractivity contribution < 1.29 is 14.2 Å². The SMILES string of the molecule is COc1cc(OC)c(Sc2ccccc2)c(OC)c1Sc1ccccc1. The molecule has 0 saturated heterocycles. The van der Waals surface area contributed by atoms with Gasteiger partial charge in [0.15, 0.2) is 5.75 Å². The molecule has 0 saturated carbocycles. The first-order valence-electron chi connectivity index (χ1n) is 8.05. The molecular weight excluding hydrogens is 364 g/mol. The van der Waals surface area contributed by atoms with Gasteiger partial charge in [0.25, 0.3) is 0 Å². The van der Waals surface area contributed by atoms with Crippen LogP contribution in [0.25, 0.3) is 0 Å². The maximum atomic E-state index is 5.80. The van der Waals surface area contributed by atoms with Gasteiger partial charge in [-0.1, -0.05) is 59.9 Å². The van der Waals surface area contributed by atoms with Crippen LogP contribution < -0.4 is 14.2 Å². The van der Waals surface area contributed by atoms with Crippen molar-refractivity contribution >= 4 is 23.5 Å². The first kappa shape index (κ1) is 18.5. The Bertz CT molecular complexity index is 784. The van der Waals surface area contributed by atoms with Gasteiger partial charge in [0.05, 0.1) is 31.1 Å². The van der Waals surface area contributed by atoms with E-state index < -0.39 is 0 Å². The van der Waals surface area contributed by atoms with E-state index in [2.05, 4.69) is 24.3 Å². The van der Waals surface area contributed by atoms with Gasteiger partial charge in [0, 0.05) is 15.9 Å². The van der Waals surface area contributed by atoms with Crippen LogP contribution >= 0.6 is 23.5 Å². The predicted molar refractivity (Wildman–Crippen MR) is 107 cm³/mol. The minimum Gasteiger partial charge on any atom is -0.495 e. The average molecular weight is 385 g/mol. The number of rotatable bonds is 7. The fourth-order valence-corrected chi connectivity index (χ4v) is 4.64. The minimum atomic E-state index is 0.727. The standard InChI is InChI=1S/C21H20O3S2/c1-22-17-14-18(23-2)21(26-16-12-8-5-9-13-16)19(24-3)20(17)25-15-10-6-4-7-11-15/h4-14H,1-3H3. The zero-order valence-corrected chi connectivity index (χ0v) is 16.5. The number of hydrogen-bond acceptors (Lipinski definition) is 5. The van der Waals surface area contributed by atoms with Gasteiger partial charge in [0.1, 0.15) is 11.5 Å². The van der Waals surface area contributed by atoms with E-state index in [9.17, 15) is 0 Å². The molecule has 3 nitrogen and oxygen atoms in total. The zero-order chi connectivity index (χ0) is 18.4. The molecule has 0 aliphatic carbocycles. The van der Waals surface area contributed by atoms with Crippen LogP contribution in [0.4, 0.5) is 0 Å². The Hall–Kier alpha value is -2.24. The largest absolute Gasteiger partial charge is 0.495 e. The molecule has 3 aromatic rings. The molecule has 0 aromatic heterocycles. The summed E-state index contributed by atoms with van der Waals surface area (Å²) in [6.07, 6.45) is 0. The number of methoxy groups -OCH3 is 3. The van der Waals surface area contributed by atoms with E-state index in [-0.39, 0.29) is 0 Å². The van der Waals surface area contributed by atoms with Crippen molar-refractivity contribution in [1.82, 2.24) is 0 Å². The Balaban J connectivity index is 2.11. The van der Waals surface area contributed by atoms with Gasteiger partial charge in [-0.05, 0) is 24.3 Å². The summed E-state index contributed by atoms with van der Waals surface area (Å²) >= 11 is 3.23. The van der Waals surface area contributed by atoms with Crippen molar-refractivity contribution in [1.29, 1.82) is 0 Å². The molecule has 0 aliphatic rings. The number of ether oxygens (including phenoxy) is 3. The Morgan fingerprint density at radius 3 is 1.35 bits per heavy atom. The fraction of sp³-hybridized carbons (Fsp3) is 0.143. The van der Waals surface area contributed by atoms with Gasteiger partial charge in [0.2, 0.25) is 0 Å². The summed E-state index contributed by atoms with van der Waals surface area (Å²) in [5.41, 5.74) is 0. The normalized spacial score (nSPS) is 10.4. The van der Waals surface area contributed by atoms with Gasteiger partial charge in [-0.15, -0.1) is 0 Å². The lowest BCUT2D eigenvalue weighted by atomic mass is 10.3. The molecular formula is C21H20O3S2. The maximum Gasteiger partial charge on any atom is 0.154 e. The molecule has 3 aromatic carbocycles. The first-order valence-corrected chi connectivity index (χ1v) is 9.69. The molecule has 5 heteroatoms. The minimum absolute atomic E-state index is 0.727. The maximum absolute atomic E-state index is 5.80. The molecule has 0 amide bonds. The summed E-state index contributed by atoms with van der Waals surface area (Å²) in [5.74, 6) is 2.21. The highest BCUT2D eigenvalue weighted by Gasteiger charge is 2.22. The van der Waals surface area contributed by atoms with E-state index in [0.717, 1.165) is 36.8 Å². The Morgan fingerprint density at radius 2 is 1.00 bits per heavy atom. The molecule has 0 unspecified atom stereocenters. The summed E-state index contributed by atoms with van der Waals surface area (Å²) in [6, 6.07) is 22.3. The topological polar surface area (TPSA) is 27.7 Å². The third kappa shape index (κ3) is 4.11. The molecule has 0 spiro atoms. The van der Waals surface area contributed by atoms with Gasteiger partial charge in [-0.2, -0.15) is 0 Å². The van der Waals surface area contributed by atoms with E-state index >= 15 is 0 Å². The molecule has 0 atom stereocenters. The van der Waals surface area contributed by atoms with Crippen LogP contribution in [0.1, 0.15) is 0 Å². The lowest BCUT2D eigenvalue weighted by Gasteiger charge is -2.19. The molecule has 0 fully saturated rings. The van der Waals surface area contributed by atoms with Crippen LogP contribution in [-0.4, -0.2) is 21.3 Å². The Morgan fingerprint density at radius 1 is 0.577 bits per heavy atom. The van der Waals surface area contributed by atoms with Crippen molar-refractivity contribution in [2.24, 2.45) is 0 Å². The van der Waals surface area contributed by atoms with Gasteiger partial charge in [-0.3, -0.25) is 0 Å². The summed E-state index contributed by atoms with van der Waals surface area (Å²) < 4.78 is 17.0. The molecule has 0 heterocycles. The second-order valence-electron chi connectivity index (χ2n) is 5.30. The average Bonchev–Trinajstić information content (AvgIpc) is 2.70. The van der Waals surface area contributed by atoms with E-state index in [1.807, 2.05) is 42.5 Å². The summed E-state index contributed by atoms with van der Waals surface area (Å²) in [6.45, 7) is 0. The molecule has 0 bridgehead atoms. The quantitative estimate of drug-likeness (QED) is 0.497. The van der Waals surface area contributed by atoms with Crippen LogP contribution in [0.15, 0.2) is 86.3 Å². The number of hydrogen-bond donors (Lipinski definition) is 0. The first-order chi connectivity index (χ1) is 12.8. The van der Waals surface area contributed by atoms with Crippen molar-refractivity contribution in [2.75, 3.05) is 21.3 Å². The molecule has 3 rings (SSSR count). The van der Waals surface area contributed by atoms with Crippen molar-refractivity contribution in [3.05, 3.63) is 66.7 Å². The van der Waals surface area contributed by atoms with Gasteiger partial charge >= 0.3 is 0 Å². The summed E-state index contributed by atoms with van der Waals surface area (Å²) in [4.78, 5) is 4.09. The Labute approximate surface area is 162 Å². The van der Waals surface area contributed by atoms with Gasteiger partial charge < -0.3 is 14.2 Å². The van der Waals surface area contributed by atoms with Crippen LogP contribution in [0, 0.1) is 0 Å². The molecule has 26 heavy (non-hydrogen) atoms. The smallest absolute Gasteiger partial charge is 0.154 e. The van der Waals surface area contributed by atoms with E-state index in [1.54, 1.807) is 44.9 Å². The van der Waals surface area contributed by atoms with Crippen LogP contribution in [0.2, 0.25) is 0 Å². The predicted octanol–water partition coefficient (Wildman–Crippen LogP) is 6.01. The van der Waals surface area contributed by atoms with Crippen LogP contribution in [0.5, 0.6) is 17.2 Å². The van der Waals surface area contributed by atoms with Crippen LogP contribution in [0.3, 0.4) is 0 Å². The molecule has 0 radical (unpaired) electrons. The Kier molecular flexibility index (Phi) is 6.36. The second kappa shape index (κ2) is 8.92. The van der Waals surface area contributed by atoms with Crippen LogP contribution in [-0.2, 0) is 0 Å². The fourth-order valence-electron chi connectivity index (χ4n) is 2.47. The van der Waals surface area contributed by atoms with E-state index in [0.29, 0.717) is 0 Å². The third-order valence-electron chi connectivity index (χ3n) is 3.69. The monoisotopic (exact) mass is 384 g/mol. The lowest BCUT2D eigenvalue weighted by Crippen LogP contribution is -1.97. The lowest BCUT2D eigenvalue weighted by molar-refractivity contribution is 0.348. The third-order valence-corrected chi connectivity index (χ3v) is 5.89. The molecule has 0 aliphatic heterocycles. The van der Waals surface area contributed by atoms with Gasteiger partial charge in [-0.25, -0.2) is 0 Å². The zero-order valence-electron chi connectivity index (χ0n) is 14.9. The van der Waals surface area contributed by atoms with Crippen molar-refractivity contribution in [3.63, 3.8) is 0 Å². The van der Waals surface area contributed by atoms with E-state index in [1.165, 1.54) is 0 Å². The number of benzene rings is 3. The molecule has 134 valence electrons. The van der Waals surface area contributed by atoms with Crippen molar-refractivity contribution in [2.45, 2.75) is 19.6 Å². The summed E-state index contributed by atoms with van der Waals surface area (Å²) in [5, 5.41) is 0. The second-order valence-corrected chi connectivity index (χ2v) is 7.47. The van der Waals surface area contributed by atoms with E-state index in [4.69, 9.17) is 14.2 Å². The highest BCUT2D eigenvalue weighted by Crippen LogP contribution is 2.52. The summed E-state index contributed by atoms with van der Waals surface area (Å²) in [7, 11) is 5.00.